The largest absolute Gasteiger partial charge is 0.462 e. The number of carbonyl (C=O) groups is 2. The molecule has 0 aromatic carbocycles. The van der Waals surface area contributed by atoms with Crippen LogP contribution in [0.25, 0.3) is 0 Å². The standard InChI is InChI=1S/C10H14F2O3/c1-3-15-9(14)10(11,12)7-4-5-8(13)6(7)2/h6-7H,3-5H2,1-2H3/t6-,7-/m0/s1. The van der Waals surface area contributed by atoms with Crippen molar-refractivity contribution in [3.8, 4) is 0 Å². The van der Waals surface area contributed by atoms with Crippen molar-refractivity contribution < 1.29 is 23.1 Å². The van der Waals surface area contributed by atoms with E-state index < -0.39 is 23.7 Å². The average Bonchev–Trinajstić information content (AvgIpc) is 2.48. The van der Waals surface area contributed by atoms with Crippen LogP contribution >= 0.6 is 0 Å². The summed E-state index contributed by atoms with van der Waals surface area (Å²) in [6.45, 7) is 2.83. The Morgan fingerprint density at radius 2 is 2.20 bits per heavy atom. The number of ether oxygens (including phenoxy) is 1. The van der Waals surface area contributed by atoms with E-state index >= 15 is 0 Å². The van der Waals surface area contributed by atoms with Crippen LogP contribution in [0.1, 0.15) is 26.7 Å². The number of alkyl halides is 2. The molecule has 0 unspecified atom stereocenters. The lowest BCUT2D eigenvalue weighted by atomic mass is 9.91. The minimum atomic E-state index is -3.54. The van der Waals surface area contributed by atoms with Gasteiger partial charge >= 0.3 is 11.9 Å². The maximum Gasteiger partial charge on any atom is 0.377 e. The minimum Gasteiger partial charge on any atom is -0.462 e. The van der Waals surface area contributed by atoms with Gasteiger partial charge in [0.25, 0.3) is 0 Å². The SMILES string of the molecule is CCOC(=O)C(F)(F)[C@H]1CCC(=O)[C@H]1C. The zero-order valence-electron chi connectivity index (χ0n) is 8.76. The van der Waals surface area contributed by atoms with E-state index in [1.165, 1.54) is 13.8 Å². The number of rotatable bonds is 3. The molecule has 0 bridgehead atoms. The number of halogens is 2. The van der Waals surface area contributed by atoms with Crippen molar-refractivity contribution in [2.75, 3.05) is 6.61 Å². The molecule has 0 aromatic heterocycles. The highest BCUT2D eigenvalue weighted by Crippen LogP contribution is 2.40. The van der Waals surface area contributed by atoms with Crippen molar-refractivity contribution >= 4 is 11.8 Å². The second-order valence-electron chi connectivity index (χ2n) is 3.74. The van der Waals surface area contributed by atoms with E-state index in [1.807, 2.05) is 0 Å². The average molecular weight is 220 g/mol. The fourth-order valence-corrected chi connectivity index (χ4v) is 1.87. The number of carbonyl (C=O) groups excluding carboxylic acids is 2. The summed E-state index contributed by atoms with van der Waals surface area (Å²) in [5.41, 5.74) is 0. The fraction of sp³-hybridized carbons (Fsp3) is 0.800. The predicted octanol–water partition coefficient (Wildman–Crippen LogP) is 1.80. The molecule has 1 aliphatic carbocycles. The summed E-state index contributed by atoms with van der Waals surface area (Å²) < 4.78 is 31.3. The Bertz CT molecular complexity index is 276. The third kappa shape index (κ3) is 2.16. The highest BCUT2D eigenvalue weighted by atomic mass is 19.3. The normalized spacial score (nSPS) is 26.8. The number of ketones is 1. The first-order valence-corrected chi connectivity index (χ1v) is 4.99. The van der Waals surface area contributed by atoms with Gasteiger partial charge in [0.15, 0.2) is 0 Å². The lowest BCUT2D eigenvalue weighted by Crippen LogP contribution is -2.40. The van der Waals surface area contributed by atoms with Crippen molar-refractivity contribution in [1.82, 2.24) is 0 Å². The Morgan fingerprint density at radius 1 is 1.60 bits per heavy atom. The second kappa shape index (κ2) is 4.24. The molecule has 2 atom stereocenters. The van der Waals surface area contributed by atoms with Crippen LogP contribution in [0.2, 0.25) is 0 Å². The van der Waals surface area contributed by atoms with Gasteiger partial charge in [-0.3, -0.25) is 4.79 Å². The lowest BCUT2D eigenvalue weighted by molar-refractivity contribution is -0.182. The van der Waals surface area contributed by atoms with Crippen molar-refractivity contribution in [2.45, 2.75) is 32.6 Å². The van der Waals surface area contributed by atoms with Gasteiger partial charge in [0.2, 0.25) is 0 Å². The van der Waals surface area contributed by atoms with E-state index in [0.717, 1.165) is 0 Å². The Kier molecular flexibility index (Phi) is 3.42. The van der Waals surface area contributed by atoms with E-state index in [1.54, 1.807) is 0 Å². The predicted molar refractivity (Wildman–Crippen MR) is 48.5 cm³/mol. The Labute approximate surface area is 86.8 Å². The zero-order chi connectivity index (χ0) is 11.6. The molecule has 1 fully saturated rings. The minimum absolute atomic E-state index is 0.0613. The molecule has 1 aliphatic rings. The first kappa shape index (κ1) is 12.1. The van der Waals surface area contributed by atoms with Crippen LogP contribution in [0.4, 0.5) is 8.78 Å². The van der Waals surface area contributed by atoms with Crippen LogP contribution in [0.5, 0.6) is 0 Å². The Hall–Kier alpha value is -1.00. The van der Waals surface area contributed by atoms with Gasteiger partial charge in [-0.25, -0.2) is 4.79 Å². The summed E-state index contributed by atoms with van der Waals surface area (Å²) in [6.07, 6.45) is 0.187. The van der Waals surface area contributed by atoms with Crippen LogP contribution in [-0.4, -0.2) is 24.3 Å². The van der Waals surface area contributed by atoms with Crippen LogP contribution in [0, 0.1) is 11.8 Å². The molecule has 0 aromatic rings. The van der Waals surface area contributed by atoms with Gasteiger partial charge in [-0.15, -0.1) is 0 Å². The molecule has 0 heterocycles. The second-order valence-corrected chi connectivity index (χ2v) is 3.74. The molecule has 0 saturated heterocycles. The van der Waals surface area contributed by atoms with E-state index in [9.17, 15) is 18.4 Å². The van der Waals surface area contributed by atoms with E-state index in [4.69, 9.17) is 0 Å². The van der Waals surface area contributed by atoms with Gasteiger partial charge in [0.05, 0.1) is 6.61 Å². The number of hydrogen-bond acceptors (Lipinski definition) is 3. The molecule has 1 saturated carbocycles. The molecule has 0 N–H and O–H groups in total. The topological polar surface area (TPSA) is 43.4 Å². The smallest absolute Gasteiger partial charge is 0.377 e. The zero-order valence-corrected chi connectivity index (χ0v) is 8.76. The number of esters is 1. The summed E-state index contributed by atoms with van der Waals surface area (Å²) in [4.78, 5) is 22.1. The monoisotopic (exact) mass is 220 g/mol. The summed E-state index contributed by atoms with van der Waals surface area (Å²) >= 11 is 0. The fourth-order valence-electron chi connectivity index (χ4n) is 1.87. The van der Waals surface area contributed by atoms with Crippen LogP contribution in [0.15, 0.2) is 0 Å². The Morgan fingerprint density at radius 3 is 2.60 bits per heavy atom. The van der Waals surface area contributed by atoms with Crippen LogP contribution in [-0.2, 0) is 14.3 Å². The van der Waals surface area contributed by atoms with Gasteiger partial charge in [-0.2, -0.15) is 8.78 Å². The maximum absolute atomic E-state index is 13.5. The summed E-state index contributed by atoms with van der Waals surface area (Å²) in [5, 5.41) is 0. The summed E-state index contributed by atoms with van der Waals surface area (Å²) in [7, 11) is 0. The highest BCUT2D eigenvalue weighted by Gasteiger charge is 2.54. The summed E-state index contributed by atoms with van der Waals surface area (Å²) in [6, 6.07) is 0. The van der Waals surface area contributed by atoms with Crippen molar-refractivity contribution in [1.29, 1.82) is 0 Å². The molecule has 0 spiro atoms. The summed E-state index contributed by atoms with van der Waals surface area (Å²) in [5.74, 6) is -7.23. The molecule has 15 heavy (non-hydrogen) atoms. The highest BCUT2D eigenvalue weighted by molar-refractivity contribution is 5.86. The molecule has 0 aliphatic heterocycles. The number of Topliss-reactive ketones (excluding diaryl/α,β-unsaturated/α-hetero) is 1. The first-order valence-electron chi connectivity index (χ1n) is 4.99. The van der Waals surface area contributed by atoms with E-state index in [2.05, 4.69) is 4.74 Å². The van der Waals surface area contributed by atoms with E-state index in [0.29, 0.717) is 0 Å². The van der Waals surface area contributed by atoms with Crippen molar-refractivity contribution in [3.05, 3.63) is 0 Å². The van der Waals surface area contributed by atoms with Crippen molar-refractivity contribution in [2.24, 2.45) is 11.8 Å². The maximum atomic E-state index is 13.5. The molecule has 0 amide bonds. The molecule has 0 radical (unpaired) electrons. The van der Waals surface area contributed by atoms with Gasteiger partial charge in [0.1, 0.15) is 5.78 Å². The van der Waals surface area contributed by atoms with Crippen LogP contribution in [0.3, 0.4) is 0 Å². The van der Waals surface area contributed by atoms with Gasteiger partial charge in [-0.05, 0) is 13.3 Å². The molecule has 86 valence electrons. The molecular formula is C10H14F2O3. The first-order chi connectivity index (χ1) is 6.91. The quantitative estimate of drug-likeness (QED) is 0.681. The third-order valence-electron chi connectivity index (χ3n) is 2.83. The molecule has 5 heteroatoms. The van der Waals surface area contributed by atoms with Crippen molar-refractivity contribution in [3.63, 3.8) is 0 Å². The van der Waals surface area contributed by atoms with Crippen LogP contribution < -0.4 is 0 Å². The van der Waals surface area contributed by atoms with Gasteiger partial charge < -0.3 is 4.74 Å². The molecular weight excluding hydrogens is 206 g/mol. The van der Waals surface area contributed by atoms with Gasteiger partial charge in [-0.1, -0.05) is 6.92 Å². The lowest BCUT2D eigenvalue weighted by Gasteiger charge is -2.23. The molecule has 1 rings (SSSR count). The third-order valence-corrected chi connectivity index (χ3v) is 2.83. The molecule has 3 nitrogen and oxygen atoms in total. The van der Waals surface area contributed by atoms with E-state index in [-0.39, 0.29) is 25.2 Å². The Balaban J connectivity index is 2.77. The van der Waals surface area contributed by atoms with Gasteiger partial charge in [0, 0.05) is 18.3 Å². The number of hydrogen-bond donors (Lipinski definition) is 0.